The number of rotatable bonds is 11. The number of aliphatic hydroxyl groups is 1. The maximum absolute atomic E-state index is 14.8. The molecule has 3 heterocycles. The number of aliphatic hydroxyl groups excluding tert-OH is 1. The lowest BCUT2D eigenvalue weighted by Gasteiger charge is -2.40. The molecule has 3 aliphatic heterocycles. The van der Waals surface area contributed by atoms with E-state index < -0.39 is 28.7 Å². The summed E-state index contributed by atoms with van der Waals surface area (Å²) >= 11 is 8.19. The maximum Gasteiger partial charge on any atom is 0.251 e. The van der Waals surface area contributed by atoms with Crippen molar-refractivity contribution in [1.82, 2.24) is 4.90 Å². The summed E-state index contributed by atoms with van der Waals surface area (Å²) in [7, 11) is 0. The van der Waals surface area contributed by atoms with E-state index in [4.69, 9.17) is 11.6 Å². The van der Waals surface area contributed by atoms with Crippen LogP contribution in [-0.2, 0) is 14.4 Å². The second-order valence-electron chi connectivity index (χ2n) is 11.6. The highest BCUT2D eigenvalue weighted by Gasteiger charge is 2.74. The molecule has 0 saturated carbocycles. The van der Waals surface area contributed by atoms with Gasteiger partial charge in [-0.05, 0) is 43.0 Å². The SMILES string of the molecule is C=CCN(C(=O)[C@@H]1[C@H]2C(=O)N([C@@H](CO)C(C)C)C(C(=O)N(CC=C)c3ccccc3Cl)C23CC[C@H]1S3)c1ccccc1. The number of carbonyl (C=O) groups excluding carboxylic acids is 3. The van der Waals surface area contributed by atoms with Crippen molar-refractivity contribution in [1.29, 1.82) is 0 Å². The lowest BCUT2D eigenvalue weighted by molar-refractivity contribution is -0.142. The summed E-state index contributed by atoms with van der Waals surface area (Å²) in [5.74, 6) is -2.05. The Labute approximate surface area is 257 Å². The number of hydrogen-bond donors (Lipinski definition) is 1. The van der Waals surface area contributed by atoms with E-state index in [9.17, 15) is 19.5 Å². The molecule has 3 saturated heterocycles. The largest absolute Gasteiger partial charge is 0.394 e. The summed E-state index contributed by atoms with van der Waals surface area (Å²) in [5, 5.41) is 10.9. The van der Waals surface area contributed by atoms with Crippen LogP contribution < -0.4 is 9.80 Å². The summed E-state index contributed by atoms with van der Waals surface area (Å²) in [4.78, 5) is 48.6. The molecule has 1 spiro atoms. The van der Waals surface area contributed by atoms with E-state index in [2.05, 4.69) is 13.2 Å². The Balaban J connectivity index is 1.62. The molecule has 222 valence electrons. The fraction of sp³-hybridized carbons (Fsp3) is 0.424. The average Bonchev–Trinajstić information content (AvgIpc) is 3.63. The Morgan fingerprint density at radius 1 is 1.07 bits per heavy atom. The number of benzene rings is 2. The van der Waals surface area contributed by atoms with E-state index in [-0.39, 0.29) is 42.0 Å². The second-order valence-corrected chi connectivity index (χ2v) is 13.6. The first kappa shape index (κ1) is 30.4. The molecule has 1 N–H and O–H groups in total. The van der Waals surface area contributed by atoms with Gasteiger partial charge in [0.25, 0.3) is 5.91 Å². The van der Waals surface area contributed by atoms with Gasteiger partial charge in [0, 0.05) is 24.0 Å². The fourth-order valence-corrected chi connectivity index (χ4v) is 9.55. The van der Waals surface area contributed by atoms with Gasteiger partial charge in [0.1, 0.15) is 6.04 Å². The number of thioether (sulfide) groups is 1. The number of amides is 3. The Hall–Kier alpha value is -3.07. The van der Waals surface area contributed by atoms with Crippen molar-refractivity contribution in [3.8, 4) is 0 Å². The molecular formula is C33H38ClN3O4S. The standard InChI is InChI=1S/C33H38ClN3O4S/c1-5-18-35(22-12-8-7-9-13-22)30(39)27-26-16-17-33(42-26)28(27)31(40)37(25(20-38)21(3)4)29(33)32(41)36(19-6-2)24-15-11-10-14-23(24)34/h5-15,21,25-29,38H,1-2,16-20H2,3-4H3/t25-,26+,27-,28-,29?,33?/m0/s1. The van der Waals surface area contributed by atoms with Gasteiger partial charge in [0.05, 0.1) is 39.9 Å². The lowest BCUT2D eigenvalue weighted by Crippen LogP contribution is -2.58. The van der Waals surface area contributed by atoms with Gasteiger partial charge in [0.2, 0.25) is 11.8 Å². The van der Waals surface area contributed by atoms with Crippen LogP contribution in [0.5, 0.6) is 0 Å². The number of nitrogens with zero attached hydrogens (tertiary/aromatic N) is 3. The zero-order chi connectivity index (χ0) is 30.2. The average molecular weight is 608 g/mol. The molecule has 2 aromatic rings. The molecule has 9 heteroatoms. The summed E-state index contributed by atoms with van der Waals surface area (Å²) in [6.45, 7) is 11.8. The van der Waals surface area contributed by atoms with Gasteiger partial charge in [-0.2, -0.15) is 0 Å². The van der Waals surface area contributed by atoms with Crippen molar-refractivity contribution in [2.45, 2.75) is 48.8 Å². The fourth-order valence-electron chi connectivity index (χ4n) is 7.12. The van der Waals surface area contributed by atoms with Crippen LogP contribution in [0.2, 0.25) is 5.02 Å². The van der Waals surface area contributed by atoms with E-state index in [1.807, 2.05) is 50.2 Å². The van der Waals surface area contributed by atoms with Crippen LogP contribution >= 0.6 is 23.4 Å². The van der Waals surface area contributed by atoms with Crippen molar-refractivity contribution in [3.05, 3.63) is 84.9 Å². The molecule has 0 aliphatic carbocycles. The van der Waals surface area contributed by atoms with Crippen LogP contribution in [0, 0.1) is 17.8 Å². The highest BCUT2D eigenvalue weighted by atomic mass is 35.5. The lowest BCUT2D eigenvalue weighted by atomic mass is 9.70. The zero-order valence-electron chi connectivity index (χ0n) is 24.1. The molecule has 3 aliphatic rings. The van der Waals surface area contributed by atoms with Gasteiger partial charge in [-0.1, -0.05) is 67.9 Å². The first-order chi connectivity index (χ1) is 20.2. The Kier molecular flexibility index (Phi) is 8.88. The molecule has 2 bridgehead atoms. The molecule has 5 rings (SSSR count). The van der Waals surface area contributed by atoms with Crippen molar-refractivity contribution in [2.24, 2.45) is 17.8 Å². The van der Waals surface area contributed by atoms with Crippen molar-refractivity contribution in [2.75, 3.05) is 29.5 Å². The molecule has 42 heavy (non-hydrogen) atoms. The molecule has 2 aromatic carbocycles. The smallest absolute Gasteiger partial charge is 0.251 e. The number of carbonyl (C=O) groups is 3. The Bertz CT molecular complexity index is 1370. The summed E-state index contributed by atoms with van der Waals surface area (Å²) in [6, 6.07) is 15.1. The van der Waals surface area contributed by atoms with E-state index in [0.29, 0.717) is 23.7 Å². The van der Waals surface area contributed by atoms with Crippen LogP contribution in [0.3, 0.4) is 0 Å². The van der Waals surface area contributed by atoms with Gasteiger partial charge in [-0.15, -0.1) is 24.9 Å². The molecule has 6 atom stereocenters. The third-order valence-corrected chi connectivity index (χ3v) is 11.2. The number of anilines is 2. The minimum Gasteiger partial charge on any atom is -0.394 e. The van der Waals surface area contributed by atoms with Gasteiger partial charge in [0.15, 0.2) is 0 Å². The van der Waals surface area contributed by atoms with E-state index in [0.717, 1.165) is 12.1 Å². The molecule has 3 fully saturated rings. The molecule has 7 nitrogen and oxygen atoms in total. The first-order valence-electron chi connectivity index (χ1n) is 14.5. The predicted molar refractivity (Wildman–Crippen MR) is 170 cm³/mol. The zero-order valence-corrected chi connectivity index (χ0v) is 25.6. The summed E-state index contributed by atoms with van der Waals surface area (Å²) < 4.78 is -0.807. The molecular weight excluding hydrogens is 570 g/mol. The van der Waals surface area contributed by atoms with Crippen molar-refractivity contribution < 1.29 is 19.5 Å². The Morgan fingerprint density at radius 2 is 1.71 bits per heavy atom. The second kappa shape index (κ2) is 12.3. The van der Waals surface area contributed by atoms with Crippen LogP contribution in [0.25, 0.3) is 0 Å². The highest BCUT2D eigenvalue weighted by molar-refractivity contribution is 8.02. The van der Waals surface area contributed by atoms with Crippen LogP contribution in [0.15, 0.2) is 79.9 Å². The monoisotopic (exact) mass is 607 g/mol. The predicted octanol–water partition coefficient (Wildman–Crippen LogP) is 5.19. The first-order valence-corrected chi connectivity index (χ1v) is 15.7. The molecule has 0 radical (unpaired) electrons. The van der Waals surface area contributed by atoms with Crippen LogP contribution in [-0.4, -0.2) is 69.5 Å². The third-order valence-electron chi connectivity index (χ3n) is 8.94. The number of likely N-dealkylation sites (tertiary alicyclic amines) is 1. The number of fused-ring (bicyclic) bond motifs is 1. The quantitative estimate of drug-likeness (QED) is 0.356. The van der Waals surface area contributed by atoms with E-state index >= 15 is 0 Å². The Morgan fingerprint density at radius 3 is 2.33 bits per heavy atom. The third kappa shape index (κ3) is 4.87. The van der Waals surface area contributed by atoms with Crippen molar-refractivity contribution >= 4 is 52.5 Å². The van der Waals surface area contributed by atoms with E-state index in [1.165, 1.54) is 0 Å². The normalized spacial score (nSPS) is 26.7. The molecule has 2 unspecified atom stereocenters. The van der Waals surface area contributed by atoms with Crippen LogP contribution in [0.1, 0.15) is 26.7 Å². The minimum atomic E-state index is -0.872. The minimum absolute atomic E-state index is 0.0975. The van der Waals surface area contributed by atoms with Crippen molar-refractivity contribution in [3.63, 3.8) is 0 Å². The van der Waals surface area contributed by atoms with E-state index in [1.54, 1.807) is 56.8 Å². The number of hydrogen-bond acceptors (Lipinski definition) is 5. The summed E-state index contributed by atoms with van der Waals surface area (Å²) in [6.07, 6.45) is 4.68. The van der Waals surface area contributed by atoms with Crippen LogP contribution in [0.4, 0.5) is 11.4 Å². The maximum atomic E-state index is 14.8. The highest BCUT2D eigenvalue weighted by Crippen LogP contribution is 2.67. The molecule has 3 amide bonds. The van der Waals surface area contributed by atoms with Gasteiger partial charge in [-0.3, -0.25) is 14.4 Å². The van der Waals surface area contributed by atoms with Gasteiger partial charge in [-0.25, -0.2) is 0 Å². The van der Waals surface area contributed by atoms with Gasteiger partial charge >= 0.3 is 0 Å². The topological polar surface area (TPSA) is 81.2 Å². The number of para-hydroxylation sites is 2. The number of halogens is 1. The molecule has 0 aromatic heterocycles. The summed E-state index contributed by atoms with van der Waals surface area (Å²) in [5.41, 5.74) is 1.28. The van der Waals surface area contributed by atoms with Gasteiger partial charge < -0.3 is 19.8 Å².